The summed E-state index contributed by atoms with van der Waals surface area (Å²) in [5.74, 6) is 4.88. The van der Waals surface area contributed by atoms with Crippen LogP contribution in [0.15, 0.2) is 0 Å². The molecule has 4 aliphatic carbocycles. The van der Waals surface area contributed by atoms with Gasteiger partial charge in [-0.15, -0.1) is 0 Å². The van der Waals surface area contributed by atoms with Crippen molar-refractivity contribution in [2.75, 3.05) is 39.4 Å². The summed E-state index contributed by atoms with van der Waals surface area (Å²) in [4.78, 5) is 0. The van der Waals surface area contributed by atoms with E-state index in [1.165, 1.54) is 116 Å². The van der Waals surface area contributed by atoms with Crippen molar-refractivity contribution in [3.63, 3.8) is 0 Å². The highest BCUT2D eigenvalue weighted by Gasteiger charge is 2.64. The largest absolute Gasteiger partial charge is 0.378 e. The summed E-state index contributed by atoms with van der Waals surface area (Å²) in [6.45, 7) is 15.8. The second-order valence-electron chi connectivity index (χ2n) is 16.0. The number of hydrogen-bond acceptors (Lipinski definition) is 5. The van der Waals surface area contributed by atoms with Crippen molar-refractivity contribution in [3.05, 3.63) is 0 Å². The molecule has 4 saturated carbocycles. The SMILES string of the molecule is CCCCCCCCNCCC[C@@H](C)[C@H]1CC[C@H]2C3CCC4C[C@H](OCCCN)CC[C@]4(C)[C@H]3C[C@H](OCCCN)[C@]12C. The van der Waals surface area contributed by atoms with Crippen molar-refractivity contribution in [3.8, 4) is 0 Å². The molecule has 0 aromatic rings. The van der Waals surface area contributed by atoms with Crippen LogP contribution < -0.4 is 16.8 Å². The lowest BCUT2D eigenvalue weighted by molar-refractivity contribution is -0.192. The molecule has 2 unspecified atom stereocenters. The topological polar surface area (TPSA) is 82.5 Å². The van der Waals surface area contributed by atoms with Crippen molar-refractivity contribution in [2.45, 2.75) is 155 Å². The van der Waals surface area contributed by atoms with E-state index < -0.39 is 0 Å². The quantitative estimate of drug-likeness (QED) is 0.123. The van der Waals surface area contributed by atoms with Gasteiger partial charge >= 0.3 is 0 Å². The van der Waals surface area contributed by atoms with E-state index >= 15 is 0 Å². The first-order valence-electron chi connectivity index (χ1n) is 19.2. The molecule has 0 bridgehead atoms. The minimum absolute atomic E-state index is 0.312. The van der Waals surface area contributed by atoms with Crippen LogP contribution in [0.5, 0.6) is 0 Å². The molecule has 4 fully saturated rings. The summed E-state index contributed by atoms with van der Waals surface area (Å²) in [5, 5.41) is 3.77. The summed E-state index contributed by atoms with van der Waals surface area (Å²) in [7, 11) is 0. The van der Waals surface area contributed by atoms with Crippen LogP contribution in [-0.4, -0.2) is 51.6 Å². The normalized spacial score (nSPS) is 38.0. The van der Waals surface area contributed by atoms with Gasteiger partial charge in [0.15, 0.2) is 0 Å². The smallest absolute Gasteiger partial charge is 0.0637 e. The van der Waals surface area contributed by atoms with Crippen molar-refractivity contribution < 1.29 is 9.47 Å². The van der Waals surface area contributed by atoms with E-state index in [4.69, 9.17) is 20.9 Å². The molecular weight excluding hydrogens is 530 g/mol. The molecule has 0 aromatic heterocycles. The molecule has 10 atom stereocenters. The van der Waals surface area contributed by atoms with Crippen molar-refractivity contribution in [1.82, 2.24) is 5.32 Å². The second kappa shape index (κ2) is 17.6. The van der Waals surface area contributed by atoms with Gasteiger partial charge in [-0.3, -0.25) is 0 Å². The second-order valence-corrected chi connectivity index (χ2v) is 16.0. The van der Waals surface area contributed by atoms with Crippen LogP contribution in [0.3, 0.4) is 0 Å². The highest BCUT2D eigenvalue weighted by atomic mass is 16.5. The van der Waals surface area contributed by atoms with Gasteiger partial charge in [0.05, 0.1) is 12.2 Å². The number of unbranched alkanes of at least 4 members (excludes halogenated alkanes) is 5. The number of fused-ring (bicyclic) bond motifs is 5. The summed E-state index contributed by atoms with van der Waals surface area (Å²) in [5.41, 5.74) is 12.4. The summed E-state index contributed by atoms with van der Waals surface area (Å²) < 4.78 is 13.3. The fourth-order valence-electron chi connectivity index (χ4n) is 11.1. The van der Waals surface area contributed by atoms with E-state index in [1.54, 1.807) is 0 Å². The first-order valence-corrected chi connectivity index (χ1v) is 19.2. The van der Waals surface area contributed by atoms with E-state index in [0.717, 1.165) is 74.7 Å². The predicted molar refractivity (Wildman–Crippen MR) is 182 cm³/mol. The van der Waals surface area contributed by atoms with Gasteiger partial charge in [0.25, 0.3) is 0 Å². The van der Waals surface area contributed by atoms with E-state index in [2.05, 4.69) is 33.0 Å². The Morgan fingerprint density at radius 3 is 2.26 bits per heavy atom. The lowest BCUT2D eigenvalue weighted by Crippen LogP contribution is -2.59. The zero-order valence-electron chi connectivity index (χ0n) is 29.1. The van der Waals surface area contributed by atoms with Gasteiger partial charge in [-0.05, 0) is 156 Å². The Labute approximate surface area is 267 Å². The van der Waals surface area contributed by atoms with E-state index in [0.29, 0.717) is 23.0 Å². The Morgan fingerprint density at radius 2 is 1.49 bits per heavy atom. The third-order valence-electron chi connectivity index (χ3n) is 13.5. The Bertz CT molecular complexity index is 780. The van der Waals surface area contributed by atoms with Crippen molar-refractivity contribution in [2.24, 2.45) is 57.8 Å². The zero-order chi connectivity index (χ0) is 30.7. The molecule has 0 saturated heterocycles. The van der Waals surface area contributed by atoms with Crippen LogP contribution in [0.25, 0.3) is 0 Å². The number of rotatable bonds is 20. The highest BCUT2D eigenvalue weighted by Crippen LogP contribution is 2.69. The third-order valence-corrected chi connectivity index (χ3v) is 13.5. The average Bonchev–Trinajstić information content (AvgIpc) is 3.37. The van der Waals surface area contributed by atoms with Crippen LogP contribution in [0.2, 0.25) is 0 Å². The summed E-state index contributed by atoms with van der Waals surface area (Å²) in [6.07, 6.45) is 24.5. The molecule has 0 aliphatic heterocycles. The van der Waals surface area contributed by atoms with Gasteiger partial charge in [-0.1, -0.05) is 59.8 Å². The van der Waals surface area contributed by atoms with Crippen molar-refractivity contribution in [1.29, 1.82) is 0 Å². The maximum Gasteiger partial charge on any atom is 0.0637 e. The summed E-state index contributed by atoms with van der Waals surface area (Å²) in [6, 6.07) is 0. The summed E-state index contributed by atoms with van der Waals surface area (Å²) >= 11 is 0. The Balaban J connectivity index is 1.35. The first kappa shape index (κ1) is 35.7. The molecule has 4 rings (SSSR count). The Hall–Kier alpha value is -0.200. The average molecular weight is 604 g/mol. The van der Waals surface area contributed by atoms with Crippen molar-refractivity contribution >= 4 is 0 Å². The molecule has 0 aromatic carbocycles. The molecule has 4 aliphatic rings. The Kier molecular flexibility index (Phi) is 14.6. The maximum atomic E-state index is 6.96. The maximum absolute atomic E-state index is 6.96. The molecule has 0 radical (unpaired) electrons. The van der Waals surface area contributed by atoms with Gasteiger partial charge in [0, 0.05) is 13.2 Å². The van der Waals surface area contributed by atoms with Gasteiger partial charge in [-0.2, -0.15) is 0 Å². The fourth-order valence-corrected chi connectivity index (χ4v) is 11.1. The molecule has 5 nitrogen and oxygen atoms in total. The predicted octanol–water partition coefficient (Wildman–Crippen LogP) is 8.09. The van der Waals surface area contributed by atoms with E-state index in [9.17, 15) is 0 Å². The number of nitrogens with one attached hydrogen (secondary N) is 1. The number of hydrogen-bond donors (Lipinski definition) is 3. The Morgan fingerprint density at radius 1 is 0.767 bits per heavy atom. The molecular formula is C38H73N3O2. The molecule has 0 heterocycles. The molecule has 5 N–H and O–H groups in total. The molecule has 43 heavy (non-hydrogen) atoms. The number of ether oxygens (including phenoxy) is 2. The molecule has 252 valence electrons. The van der Waals surface area contributed by atoms with Crippen LogP contribution in [0.4, 0.5) is 0 Å². The van der Waals surface area contributed by atoms with Gasteiger partial charge in [0.1, 0.15) is 0 Å². The molecule has 0 spiro atoms. The van der Waals surface area contributed by atoms with Crippen LogP contribution in [0.1, 0.15) is 143 Å². The van der Waals surface area contributed by atoms with E-state index in [1.807, 2.05) is 0 Å². The third kappa shape index (κ3) is 8.59. The van der Waals surface area contributed by atoms with Crippen LogP contribution in [-0.2, 0) is 9.47 Å². The first-order chi connectivity index (χ1) is 20.9. The number of nitrogens with two attached hydrogens (primary N) is 2. The monoisotopic (exact) mass is 604 g/mol. The zero-order valence-corrected chi connectivity index (χ0v) is 29.1. The minimum Gasteiger partial charge on any atom is -0.378 e. The molecule has 5 heteroatoms. The van der Waals surface area contributed by atoms with Gasteiger partial charge < -0.3 is 26.3 Å². The van der Waals surface area contributed by atoms with Gasteiger partial charge in [0.2, 0.25) is 0 Å². The van der Waals surface area contributed by atoms with Gasteiger partial charge in [-0.25, -0.2) is 0 Å². The van der Waals surface area contributed by atoms with Crippen LogP contribution >= 0.6 is 0 Å². The standard InChI is InChI=1S/C38H73N3O2/c1-5-6-7-8-9-10-23-41-24-11-14-29(2)33-17-18-34-32-16-15-30-27-31(42-25-12-21-39)19-20-37(30,3)35(32)28-36(38(33,34)4)43-26-13-22-40/h29-36,41H,5-28,39-40H2,1-4H3/t29-,30?,31-,32?,33-,34+,35+,36+,37+,38-/m1/s1. The van der Waals surface area contributed by atoms with E-state index in [-0.39, 0.29) is 0 Å². The minimum atomic E-state index is 0.312. The van der Waals surface area contributed by atoms with Crippen LogP contribution in [0, 0.1) is 46.3 Å². The highest BCUT2D eigenvalue weighted by molar-refractivity contribution is 5.13. The fraction of sp³-hybridized carbons (Fsp3) is 1.00. The lowest BCUT2D eigenvalue weighted by Gasteiger charge is -2.63. The molecule has 0 amide bonds. The lowest BCUT2D eigenvalue weighted by atomic mass is 9.43.